The van der Waals surface area contributed by atoms with Gasteiger partial charge in [0, 0.05) is 35.3 Å². The summed E-state index contributed by atoms with van der Waals surface area (Å²) in [6.07, 6.45) is 5.79. The number of rotatable bonds is 8. The Morgan fingerprint density at radius 3 is 2.85 bits per heavy atom. The molecule has 0 atom stereocenters. The third kappa shape index (κ3) is 4.71. The molecule has 1 N–H and O–H groups in total. The molecule has 0 saturated heterocycles. The Kier molecular flexibility index (Phi) is 6.18. The Morgan fingerprint density at radius 1 is 1.30 bits per heavy atom. The number of nitrogens with one attached hydrogen (secondary N) is 1. The average Bonchev–Trinajstić information content (AvgIpc) is 2.80. The summed E-state index contributed by atoms with van der Waals surface area (Å²) >= 11 is 1.85. The number of pyridine rings is 1. The van der Waals surface area contributed by atoms with Crippen LogP contribution < -0.4 is 5.32 Å². The second-order valence-electron chi connectivity index (χ2n) is 4.84. The number of nitrogens with zero attached hydrogens (tertiary/aromatic N) is 1. The maximum atomic E-state index is 5.78. The third-order valence-electron chi connectivity index (χ3n) is 3.18. The lowest BCUT2D eigenvalue weighted by Crippen LogP contribution is -2.02. The van der Waals surface area contributed by atoms with Crippen LogP contribution in [0.1, 0.15) is 27.3 Å². The summed E-state index contributed by atoms with van der Waals surface area (Å²) in [5.74, 6) is 0. The van der Waals surface area contributed by atoms with Crippen LogP contribution in [0.5, 0.6) is 0 Å². The van der Waals surface area contributed by atoms with Gasteiger partial charge in [0.15, 0.2) is 0 Å². The summed E-state index contributed by atoms with van der Waals surface area (Å²) in [7, 11) is 1.98. The first-order valence-electron chi connectivity index (χ1n) is 6.99. The highest BCUT2D eigenvalue weighted by Crippen LogP contribution is 2.22. The van der Waals surface area contributed by atoms with Crippen molar-refractivity contribution in [3.8, 4) is 0 Å². The molecule has 0 aliphatic carbocycles. The van der Waals surface area contributed by atoms with Gasteiger partial charge in [0.1, 0.15) is 0 Å². The van der Waals surface area contributed by atoms with Crippen molar-refractivity contribution in [2.45, 2.75) is 32.9 Å². The van der Waals surface area contributed by atoms with Crippen molar-refractivity contribution >= 4 is 11.3 Å². The highest BCUT2D eigenvalue weighted by atomic mass is 32.1. The van der Waals surface area contributed by atoms with Gasteiger partial charge in [-0.05, 0) is 56.1 Å². The van der Waals surface area contributed by atoms with Crippen LogP contribution in [-0.2, 0) is 24.3 Å². The van der Waals surface area contributed by atoms with Gasteiger partial charge in [0.05, 0.1) is 6.61 Å². The second-order valence-corrected chi connectivity index (χ2v) is 6.18. The molecule has 0 aliphatic rings. The van der Waals surface area contributed by atoms with Crippen LogP contribution in [0.4, 0.5) is 0 Å². The van der Waals surface area contributed by atoms with Crippen molar-refractivity contribution in [2.24, 2.45) is 0 Å². The molecule has 0 saturated carbocycles. The first-order chi connectivity index (χ1) is 9.79. The zero-order valence-corrected chi connectivity index (χ0v) is 13.0. The Morgan fingerprint density at radius 2 is 2.10 bits per heavy atom. The van der Waals surface area contributed by atoms with E-state index in [-0.39, 0.29) is 0 Å². The van der Waals surface area contributed by atoms with Gasteiger partial charge in [-0.25, -0.2) is 0 Å². The molecule has 108 valence electrons. The average molecular weight is 290 g/mol. The largest absolute Gasteiger partial charge is 0.377 e. The standard InChI is InChI=1S/C16H22N2OS/c1-13-15(10-16(20-13)11-17-2)12-19-9-3-4-14-5-7-18-8-6-14/h5-8,10,17H,3-4,9,11-12H2,1-2H3. The number of thiophene rings is 1. The van der Waals surface area contributed by atoms with Gasteiger partial charge in [-0.2, -0.15) is 0 Å². The molecule has 3 nitrogen and oxygen atoms in total. The molecule has 0 radical (unpaired) electrons. The molecule has 2 heterocycles. The predicted octanol–water partition coefficient (Wildman–Crippen LogP) is 3.32. The second kappa shape index (κ2) is 8.15. The molecular weight excluding hydrogens is 268 g/mol. The van der Waals surface area contributed by atoms with Crippen LogP contribution in [0.15, 0.2) is 30.6 Å². The van der Waals surface area contributed by atoms with E-state index in [4.69, 9.17) is 4.74 Å². The van der Waals surface area contributed by atoms with E-state index in [2.05, 4.69) is 35.4 Å². The van der Waals surface area contributed by atoms with Gasteiger partial charge in [0.2, 0.25) is 0 Å². The SMILES string of the molecule is CNCc1cc(COCCCc2ccncc2)c(C)s1. The highest BCUT2D eigenvalue weighted by molar-refractivity contribution is 7.12. The van der Waals surface area contributed by atoms with Crippen LogP contribution in [0.25, 0.3) is 0 Å². The normalized spacial score (nSPS) is 10.9. The summed E-state index contributed by atoms with van der Waals surface area (Å²) in [5, 5.41) is 3.18. The maximum Gasteiger partial charge on any atom is 0.0727 e. The van der Waals surface area contributed by atoms with Gasteiger partial charge in [-0.1, -0.05) is 0 Å². The van der Waals surface area contributed by atoms with E-state index in [0.717, 1.165) is 32.6 Å². The number of aryl methyl sites for hydroxylation is 2. The minimum absolute atomic E-state index is 0.725. The smallest absolute Gasteiger partial charge is 0.0727 e. The van der Waals surface area contributed by atoms with Gasteiger partial charge in [0.25, 0.3) is 0 Å². The third-order valence-corrected chi connectivity index (χ3v) is 4.28. The van der Waals surface area contributed by atoms with Gasteiger partial charge >= 0.3 is 0 Å². The van der Waals surface area contributed by atoms with E-state index in [1.54, 1.807) is 0 Å². The summed E-state index contributed by atoms with van der Waals surface area (Å²) < 4.78 is 5.78. The Hall–Kier alpha value is -1.23. The van der Waals surface area contributed by atoms with Crippen LogP contribution in [0.3, 0.4) is 0 Å². The van der Waals surface area contributed by atoms with Crippen LogP contribution in [-0.4, -0.2) is 18.6 Å². The van der Waals surface area contributed by atoms with Crippen molar-refractivity contribution in [3.63, 3.8) is 0 Å². The number of hydrogen-bond donors (Lipinski definition) is 1. The fourth-order valence-corrected chi connectivity index (χ4v) is 3.16. The lowest BCUT2D eigenvalue weighted by molar-refractivity contribution is 0.118. The van der Waals surface area contributed by atoms with Crippen molar-refractivity contribution < 1.29 is 4.74 Å². The van der Waals surface area contributed by atoms with Gasteiger partial charge < -0.3 is 10.1 Å². The van der Waals surface area contributed by atoms with E-state index < -0.39 is 0 Å². The molecular formula is C16H22N2OS. The predicted molar refractivity (Wildman–Crippen MR) is 84.0 cm³/mol. The fourth-order valence-electron chi connectivity index (χ4n) is 2.10. The molecule has 0 spiro atoms. The first kappa shape index (κ1) is 15.2. The lowest BCUT2D eigenvalue weighted by atomic mass is 10.1. The summed E-state index contributed by atoms with van der Waals surface area (Å²) in [6.45, 7) is 4.63. The van der Waals surface area contributed by atoms with E-state index in [1.807, 2.05) is 30.8 Å². The molecule has 4 heteroatoms. The number of hydrogen-bond acceptors (Lipinski definition) is 4. The van der Waals surface area contributed by atoms with Crippen LogP contribution >= 0.6 is 11.3 Å². The molecule has 20 heavy (non-hydrogen) atoms. The molecule has 2 aromatic rings. The molecule has 2 rings (SSSR count). The Bertz CT molecular complexity index is 510. The van der Waals surface area contributed by atoms with Crippen molar-refractivity contribution in [2.75, 3.05) is 13.7 Å². The minimum atomic E-state index is 0.725. The number of ether oxygens (including phenoxy) is 1. The number of aromatic nitrogens is 1. The van der Waals surface area contributed by atoms with E-state index in [0.29, 0.717) is 0 Å². The van der Waals surface area contributed by atoms with Crippen molar-refractivity contribution in [3.05, 3.63) is 51.5 Å². The molecule has 2 aromatic heterocycles. The monoisotopic (exact) mass is 290 g/mol. The summed E-state index contributed by atoms with van der Waals surface area (Å²) in [4.78, 5) is 6.76. The van der Waals surface area contributed by atoms with Crippen molar-refractivity contribution in [1.82, 2.24) is 10.3 Å². The highest BCUT2D eigenvalue weighted by Gasteiger charge is 2.05. The zero-order valence-electron chi connectivity index (χ0n) is 12.2. The quantitative estimate of drug-likeness (QED) is 0.757. The molecule has 0 bridgehead atoms. The van der Waals surface area contributed by atoms with E-state index in [9.17, 15) is 0 Å². The molecule has 0 amide bonds. The maximum absolute atomic E-state index is 5.78. The van der Waals surface area contributed by atoms with E-state index >= 15 is 0 Å². The Balaban J connectivity index is 1.68. The zero-order chi connectivity index (χ0) is 14.2. The first-order valence-corrected chi connectivity index (χ1v) is 7.80. The van der Waals surface area contributed by atoms with Gasteiger partial charge in [-0.15, -0.1) is 11.3 Å². The summed E-state index contributed by atoms with van der Waals surface area (Å²) in [5.41, 5.74) is 2.65. The van der Waals surface area contributed by atoms with E-state index in [1.165, 1.54) is 20.9 Å². The van der Waals surface area contributed by atoms with Crippen LogP contribution in [0.2, 0.25) is 0 Å². The van der Waals surface area contributed by atoms with Crippen LogP contribution in [0, 0.1) is 6.92 Å². The van der Waals surface area contributed by atoms with Gasteiger partial charge in [-0.3, -0.25) is 4.98 Å². The fraction of sp³-hybridized carbons (Fsp3) is 0.438. The molecule has 0 aromatic carbocycles. The molecule has 0 fully saturated rings. The lowest BCUT2D eigenvalue weighted by Gasteiger charge is -2.04. The molecule has 0 unspecified atom stereocenters. The van der Waals surface area contributed by atoms with Crippen molar-refractivity contribution in [1.29, 1.82) is 0 Å². The molecule has 0 aliphatic heterocycles. The topological polar surface area (TPSA) is 34.1 Å². The summed E-state index contributed by atoms with van der Waals surface area (Å²) in [6, 6.07) is 6.37. The minimum Gasteiger partial charge on any atom is -0.377 e. The Labute approximate surface area is 125 Å².